The number of pyridine rings is 1. The van der Waals surface area contributed by atoms with Crippen molar-refractivity contribution in [2.24, 2.45) is 0 Å². The van der Waals surface area contributed by atoms with Crippen LogP contribution in [0.3, 0.4) is 0 Å². The molecule has 2 rings (SSSR count). The van der Waals surface area contributed by atoms with Gasteiger partial charge in [-0.05, 0) is 18.2 Å². The highest BCUT2D eigenvalue weighted by atomic mass is 35.5. The average molecular weight is 367 g/mol. The van der Waals surface area contributed by atoms with E-state index in [0.717, 1.165) is 12.1 Å². The molecule has 1 N–H and O–H groups in total. The second kappa shape index (κ2) is 6.60. The minimum atomic E-state index is -4.77. The quantitative estimate of drug-likeness (QED) is 0.846. The van der Waals surface area contributed by atoms with Gasteiger partial charge in [-0.15, -0.1) is 0 Å². The van der Waals surface area contributed by atoms with Crippen LogP contribution in [0.15, 0.2) is 35.3 Å². The van der Waals surface area contributed by atoms with Crippen LogP contribution < -0.4 is 10.9 Å². The molecule has 128 valence electrons. The van der Waals surface area contributed by atoms with E-state index in [1.807, 2.05) is 5.32 Å². The first-order chi connectivity index (χ1) is 11.1. The summed E-state index contributed by atoms with van der Waals surface area (Å²) in [6, 6.07) is 2.71. The van der Waals surface area contributed by atoms with Gasteiger partial charge in [0.2, 0.25) is 5.91 Å². The van der Waals surface area contributed by atoms with Crippen LogP contribution in [-0.4, -0.2) is 10.5 Å². The van der Waals surface area contributed by atoms with Crippen molar-refractivity contribution in [1.82, 2.24) is 4.57 Å². The van der Waals surface area contributed by atoms with Crippen LogP contribution in [0.25, 0.3) is 0 Å². The molecule has 0 saturated carbocycles. The summed E-state index contributed by atoms with van der Waals surface area (Å²) in [6.45, 7) is -0.863. The Hall–Kier alpha value is -2.42. The number of hydrogen-bond donors (Lipinski definition) is 1. The Bertz CT molecular complexity index is 848. The predicted octanol–water partition coefficient (Wildman–Crippen LogP) is 3.44. The fraction of sp³-hybridized carbons (Fsp3) is 0.143. The Balaban J connectivity index is 2.27. The smallest absolute Gasteiger partial charge is 0.322 e. The second-order valence-corrected chi connectivity index (χ2v) is 5.09. The monoisotopic (exact) mass is 366 g/mol. The summed E-state index contributed by atoms with van der Waals surface area (Å²) in [7, 11) is 0. The fourth-order valence-electron chi connectivity index (χ4n) is 1.81. The zero-order valence-electron chi connectivity index (χ0n) is 11.6. The number of halogens is 6. The minimum Gasteiger partial charge on any atom is -0.322 e. The minimum absolute atomic E-state index is 0.412. The van der Waals surface area contributed by atoms with E-state index in [-0.39, 0.29) is 0 Å². The summed E-state index contributed by atoms with van der Waals surface area (Å²) < 4.78 is 64.9. The fourth-order valence-corrected chi connectivity index (χ4v) is 2.04. The summed E-state index contributed by atoms with van der Waals surface area (Å²) in [5, 5.41) is 1.24. The topological polar surface area (TPSA) is 51.1 Å². The Morgan fingerprint density at radius 3 is 2.50 bits per heavy atom. The van der Waals surface area contributed by atoms with Crippen molar-refractivity contribution in [1.29, 1.82) is 0 Å². The first-order valence-electron chi connectivity index (χ1n) is 6.30. The van der Waals surface area contributed by atoms with Crippen molar-refractivity contribution in [3.8, 4) is 0 Å². The summed E-state index contributed by atoms with van der Waals surface area (Å²) in [6.07, 6.45) is -4.36. The Morgan fingerprint density at radius 2 is 1.88 bits per heavy atom. The third kappa shape index (κ3) is 4.10. The number of nitrogens with one attached hydrogen (secondary N) is 1. The van der Waals surface area contributed by atoms with Crippen LogP contribution in [0, 0.1) is 11.6 Å². The van der Waals surface area contributed by atoms with Gasteiger partial charge in [0.05, 0.1) is 11.3 Å². The van der Waals surface area contributed by atoms with Crippen LogP contribution in [0.1, 0.15) is 5.56 Å². The van der Waals surface area contributed by atoms with E-state index in [1.165, 1.54) is 0 Å². The number of nitrogens with zero attached hydrogens (tertiary/aromatic N) is 1. The van der Waals surface area contributed by atoms with Crippen LogP contribution in [-0.2, 0) is 17.5 Å². The maximum absolute atomic E-state index is 13.4. The van der Waals surface area contributed by atoms with E-state index in [0.29, 0.717) is 22.9 Å². The summed E-state index contributed by atoms with van der Waals surface area (Å²) in [4.78, 5) is 23.5. The summed E-state index contributed by atoms with van der Waals surface area (Å²) in [5.74, 6) is -2.80. The SMILES string of the molecule is O=C(Cn1cc(C(F)(F)F)cc(Cl)c1=O)Nc1cc(F)ccc1F. The number of anilines is 1. The zero-order chi connectivity index (χ0) is 18.1. The lowest BCUT2D eigenvalue weighted by molar-refractivity contribution is -0.138. The van der Waals surface area contributed by atoms with Gasteiger partial charge in [-0.2, -0.15) is 13.2 Å². The van der Waals surface area contributed by atoms with Crippen molar-refractivity contribution < 1.29 is 26.7 Å². The van der Waals surface area contributed by atoms with E-state index in [9.17, 15) is 31.5 Å². The molecule has 2 aromatic rings. The van der Waals surface area contributed by atoms with E-state index < -0.39 is 52.1 Å². The maximum atomic E-state index is 13.4. The number of aromatic nitrogens is 1. The summed E-state index contributed by atoms with van der Waals surface area (Å²) >= 11 is 5.44. The van der Waals surface area contributed by atoms with Gasteiger partial charge < -0.3 is 9.88 Å². The molecule has 4 nitrogen and oxygen atoms in total. The molecular formula is C14H8ClF5N2O2. The van der Waals surface area contributed by atoms with Crippen molar-refractivity contribution in [2.45, 2.75) is 12.7 Å². The first-order valence-corrected chi connectivity index (χ1v) is 6.68. The van der Waals surface area contributed by atoms with Gasteiger partial charge in [-0.3, -0.25) is 9.59 Å². The Labute approximate surface area is 136 Å². The van der Waals surface area contributed by atoms with Gasteiger partial charge in [-0.1, -0.05) is 11.6 Å². The van der Waals surface area contributed by atoms with Crippen LogP contribution in [0.2, 0.25) is 5.02 Å². The molecular weight excluding hydrogens is 359 g/mol. The highest BCUT2D eigenvalue weighted by Gasteiger charge is 2.32. The molecule has 1 amide bonds. The molecule has 1 aromatic heterocycles. The second-order valence-electron chi connectivity index (χ2n) is 4.68. The molecule has 1 aromatic carbocycles. The first kappa shape index (κ1) is 17.9. The Kier molecular flexibility index (Phi) is 4.93. The lowest BCUT2D eigenvalue weighted by atomic mass is 10.2. The lowest BCUT2D eigenvalue weighted by Crippen LogP contribution is -2.29. The lowest BCUT2D eigenvalue weighted by Gasteiger charge is -2.12. The molecule has 0 aliphatic carbocycles. The number of carbonyl (C=O) groups is 1. The van der Waals surface area contributed by atoms with E-state index in [1.54, 1.807) is 0 Å². The number of rotatable bonds is 3. The number of alkyl halides is 3. The molecule has 0 radical (unpaired) electrons. The largest absolute Gasteiger partial charge is 0.417 e. The molecule has 10 heteroatoms. The van der Waals surface area contributed by atoms with Gasteiger partial charge in [0.25, 0.3) is 5.56 Å². The van der Waals surface area contributed by atoms with Gasteiger partial charge >= 0.3 is 6.18 Å². The van der Waals surface area contributed by atoms with Gasteiger partial charge in [-0.25, -0.2) is 8.78 Å². The average Bonchev–Trinajstić information content (AvgIpc) is 2.46. The van der Waals surface area contributed by atoms with Crippen LogP contribution in [0.5, 0.6) is 0 Å². The maximum Gasteiger partial charge on any atom is 0.417 e. The molecule has 0 bridgehead atoms. The summed E-state index contributed by atoms with van der Waals surface area (Å²) in [5.41, 5.74) is -2.76. The highest BCUT2D eigenvalue weighted by Crippen LogP contribution is 2.29. The van der Waals surface area contributed by atoms with E-state index in [2.05, 4.69) is 0 Å². The number of amides is 1. The normalized spacial score (nSPS) is 11.4. The molecule has 0 saturated heterocycles. The van der Waals surface area contributed by atoms with Crippen molar-refractivity contribution in [2.75, 3.05) is 5.32 Å². The molecule has 24 heavy (non-hydrogen) atoms. The van der Waals surface area contributed by atoms with Crippen LogP contribution >= 0.6 is 11.6 Å². The van der Waals surface area contributed by atoms with Crippen molar-refractivity contribution >= 4 is 23.2 Å². The molecule has 0 aliphatic heterocycles. The van der Waals surface area contributed by atoms with Crippen LogP contribution in [0.4, 0.5) is 27.6 Å². The number of carbonyl (C=O) groups excluding carboxylic acids is 1. The number of benzene rings is 1. The molecule has 0 aliphatic rings. The van der Waals surface area contributed by atoms with Gasteiger partial charge in [0.1, 0.15) is 23.2 Å². The van der Waals surface area contributed by atoms with Gasteiger partial charge in [0, 0.05) is 12.3 Å². The third-order valence-electron chi connectivity index (χ3n) is 2.89. The number of hydrogen-bond acceptors (Lipinski definition) is 2. The molecule has 0 atom stereocenters. The van der Waals surface area contributed by atoms with E-state index >= 15 is 0 Å². The van der Waals surface area contributed by atoms with E-state index in [4.69, 9.17) is 11.6 Å². The zero-order valence-corrected chi connectivity index (χ0v) is 12.4. The predicted molar refractivity (Wildman–Crippen MR) is 75.7 cm³/mol. The standard InChI is InChI=1S/C14H8ClF5N2O2/c15-9-3-7(14(18,19)20)5-22(13(9)24)6-12(23)21-11-4-8(16)1-2-10(11)17/h1-5H,6H2,(H,21,23). The van der Waals surface area contributed by atoms with Crippen molar-refractivity contribution in [3.05, 3.63) is 63.0 Å². The third-order valence-corrected chi connectivity index (χ3v) is 3.16. The Morgan fingerprint density at radius 1 is 1.21 bits per heavy atom. The molecule has 0 unspecified atom stereocenters. The molecule has 1 heterocycles. The van der Waals surface area contributed by atoms with Gasteiger partial charge in [0.15, 0.2) is 0 Å². The van der Waals surface area contributed by atoms with Crippen molar-refractivity contribution in [3.63, 3.8) is 0 Å². The molecule has 0 spiro atoms. The highest BCUT2D eigenvalue weighted by molar-refractivity contribution is 6.30. The molecule has 0 fully saturated rings.